The Morgan fingerprint density at radius 1 is 1.62 bits per heavy atom. The van der Waals surface area contributed by atoms with Gasteiger partial charge in [0.2, 0.25) is 5.91 Å². The fourth-order valence-electron chi connectivity index (χ4n) is 1.22. The highest BCUT2D eigenvalue weighted by Gasteiger charge is 2.22. The number of hydrogen-bond acceptors (Lipinski definition) is 3. The lowest BCUT2D eigenvalue weighted by Gasteiger charge is -2.24. The minimum atomic E-state index is -0.441. The highest BCUT2D eigenvalue weighted by molar-refractivity contribution is 7.10. The second kappa shape index (κ2) is 6.23. The first kappa shape index (κ1) is 15.4. The first-order valence-electron chi connectivity index (χ1n) is 5.01. The molecule has 1 amide bonds. The summed E-state index contributed by atoms with van der Waals surface area (Å²) in [5.41, 5.74) is 5.45. The van der Waals surface area contributed by atoms with Crippen LogP contribution < -0.4 is 11.1 Å². The highest BCUT2D eigenvalue weighted by Crippen LogP contribution is 2.26. The van der Waals surface area contributed by atoms with Gasteiger partial charge in [-0.2, -0.15) is 0 Å². The Labute approximate surface area is 107 Å². The Hall–Kier alpha value is -0.580. The fourth-order valence-corrected chi connectivity index (χ4v) is 2.07. The maximum Gasteiger partial charge on any atom is 0.236 e. The Bertz CT molecular complexity index is 323. The quantitative estimate of drug-likeness (QED) is 0.871. The maximum atomic E-state index is 11.3. The van der Waals surface area contributed by atoms with Crippen molar-refractivity contribution in [3.05, 3.63) is 22.4 Å². The van der Waals surface area contributed by atoms with Crippen molar-refractivity contribution >= 4 is 29.7 Å². The van der Waals surface area contributed by atoms with E-state index < -0.39 is 6.04 Å². The first-order chi connectivity index (χ1) is 6.93. The summed E-state index contributed by atoms with van der Waals surface area (Å²) in [6.07, 6.45) is 0. The number of amides is 1. The smallest absolute Gasteiger partial charge is 0.236 e. The van der Waals surface area contributed by atoms with E-state index in [2.05, 4.69) is 25.2 Å². The van der Waals surface area contributed by atoms with Crippen LogP contribution in [0.3, 0.4) is 0 Å². The normalized spacial score (nSPS) is 12.8. The zero-order valence-electron chi connectivity index (χ0n) is 9.82. The molecule has 0 spiro atoms. The predicted molar refractivity (Wildman–Crippen MR) is 71.3 cm³/mol. The molecule has 0 radical (unpaired) electrons. The van der Waals surface area contributed by atoms with Gasteiger partial charge in [-0.25, -0.2) is 0 Å². The first-order valence-corrected chi connectivity index (χ1v) is 5.89. The van der Waals surface area contributed by atoms with Gasteiger partial charge < -0.3 is 11.1 Å². The van der Waals surface area contributed by atoms with Crippen molar-refractivity contribution in [3.63, 3.8) is 0 Å². The Balaban J connectivity index is 0.00000225. The Morgan fingerprint density at radius 3 is 2.69 bits per heavy atom. The topological polar surface area (TPSA) is 55.1 Å². The largest absolute Gasteiger partial charge is 0.354 e. The molecule has 1 unspecified atom stereocenters. The van der Waals surface area contributed by atoms with Gasteiger partial charge in [0, 0.05) is 16.8 Å². The molecule has 0 bridgehead atoms. The van der Waals surface area contributed by atoms with Gasteiger partial charge in [-0.15, -0.1) is 23.7 Å². The van der Waals surface area contributed by atoms with Crippen LogP contribution in [0.4, 0.5) is 0 Å². The summed E-state index contributed by atoms with van der Waals surface area (Å²) < 4.78 is 0. The third kappa shape index (κ3) is 4.12. The van der Waals surface area contributed by atoms with Crippen molar-refractivity contribution < 1.29 is 4.79 Å². The number of nitrogens with one attached hydrogen (secondary N) is 1. The number of hydrogen-bond donors (Lipinski definition) is 2. The van der Waals surface area contributed by atoms with E-state index in [0.29, 0.717) is 6.54 Å². The van der Waals surface area contributed by atoms with Gasteiger partial charge in [-0.3, -0.25) is 4.79 Å². The average Bonchev–Trinajstić information content (AvgIpc) is 2.67. The molecule has 5 heteroatoms. The van der Waals surface area contributed by atoms with Gasteiger partial charge in [0.25, 0.3) is 0 Å². The molecule has 0 fully saturated rings. The Kier molecular flexibility index (Phi) is 6.00. The SMILES string of the molecule is CC(N)C(=O)NCC(C)(C)c1cccs1.Cl. The molecule has 0 saturated heterocycles. The molecule has 0 aromatic carbocycles. The highest BCUT2D eigenvalue weighted by atomic mass is 35.5. The number of carbonyl (C=O) groups excluding carboxylic acids is 1. The number of nitrogens with two attached hydrogens (primary N) is 1. The summed E-state index contributed by atoms with van der Waals surface area (Å²) in [7, 11) is 0. The van der Waals surface area contributed by atoms with Crippen LogP contribution in [0.1, 0.15) is 25.6 Å². The molecule has 92 valence electrons. The van der Waals surface area contributed by atoms with Gasteiger partial charge in [0.15, 0.2) is 0 Å². The van der Waals surface area contributed by atoms with Crippen LogP contribution in [-0.2, 0) is 10.2 Å². The van der Waals surface area contributed by atoms with Gasteiger partial charge in [0.1, 0.15) is 0 Å². The van der Waals surface area contributed by atoms with Crippen LogP contribution in [0, 0.1) is 0 Å². The molecule has 3 N–H and O–H groups in total. The van der Waals surface area contributed by atoms with Crippen LogP contribution in [0.5, 0.6) is 0 Å². The Morgan fingerprint density at radius 2 is 2.25 bits per heavy atom. The second-order valence-corrected chi connectivity index (χ2v) is 5.32. The lowest BCUT2D eigenvalue weighted by atomic mass is 9.91. The summed E-state index contributed by atoms with van der Waals surface area (Å²) in [4.78, 5) is 12.6. The molecule has 0 aliphatic carbocycles. The summed E-state index contributed by atoms with van der Waals surface area (Å²) in [6, 6.07) is 3.67. The van der Waals surface area contributed by atoms with E-state index in [1.807, 2.05) is 11.4 Å². The van der Waals surface area contributed by atoms with Crippen molar-refractivity contribution in [2.24, 2.45) is 5.73 Å². The van der Waals surface area contributed by atoms with E-state index >= 15 is 0 Å². The third-order valence-electron chi connectivity index (χ3n) is 2.31. The fraction of sp³-hybridized carbons (Fsp3) is 0.545. The molecule has 1 aromatic rings. The zero-order chi connectivity index (χ0) is 11.5. The maximum absolute atomic E-state index is 11.3. The van der Waals surface area contributed by atoms with E-state index in [4.69, 9.17) is 5.73 Å². The summed E-state index contributed by atoms with van der Waals surface area (Å²) in [5.74, 6) is -0.0976. The minimum Gasteiger partial charge on any atom is -0.354 e. The lowest BCUT2D eigenvalue weighted by molar-refractivity contribution is -0.122. The predicted octanol–water partition coefficient (Wildman–Crippen LogP) is 1.91. The van der Waals surface area contributed by atoms with Gasteiger partial charge in [-0.1, -0.05) is 19.9 Å². The van der Waals surface area contributed by atoms with Crippen molar-refractivity contribution in [3.8, 4) is 0 Å². The molecule has 0 saturated carbocycles. The number of thiophene rings is 1. The number of rotatable bonds is 4. The molecule has 1 heterocycles. The van der Waals surface area contributed by atoms with Gasteiger partial charge in [-0.05, 0) is 18.4 Å². The van der Waals surface area contributed by atoms with Crippen LogP contribution in [-0.4, -0.2) is 18.5 Å². The van der Waals surface area contributed by atoms with Crippen molar-refractivity contribution in [1.82, 2.24) is 5.32 Å². The molecular weight excluding hydrogens is 244 g/mol. The van der Waals surface area contributed by atoms with Crippen molar-refractivity contribution in [2.75, 3.05) is 6.54 Å². The zero-order valence-corrected chi connectivity index (χ0v) is 11.5. The number of halogens is 1. The minimum absolute atomic E-state index is 0. The molecular formula is C11H19ClN2OS. The van der Waals surface area contributed by atoms with E-state index in [1.165, 1.54) is 4.88 Å². The van der Waals surface area contributed by atoms with Gasteiger partial charge >= 0.3 is 0 Å². The summed E-state index contributed by atoms with van der Waals surface area (Å²) in [6.45, 7) is 6.53. The lowest BCUT2D eigenvalue weighted by Crippen LogP contribution is -2.43. The van der Waals surface area contributed by atoms with Crippen molar-refractivity contribution in [1.29, 1.82) is 0 Å². The molecule has 0 aliphatic heterocycles. The average molecular weight is 263 g/mol. The number of carbonyl (C=O) groups is 1. The molecule has 0 aliphatic rings. The van der Waals surface area contributed by atoms with Crippen LogP contribution in [0.15, 0.2) is 17.5 Å². The molecule has 3 nitrogen and oxygen atoms in total. The molecule has 1 rings (SSSR count). The van der Waals surface area contributed by atoms with E-state index in [-0.39, 0.29) is 23.7 Å². The van der Waals surface area contributed by atoms with E-state index in [9.17, 15) is 4.79 Å². The van der Waals surface area contributed by atoms with E-state index in [0.717, 1.165) is 0 Å². The molecule has 1 aromatic heterocycles. The monoisotopic (exact) mass is 262 g/mol. The van der Waals surface area contributed by atoms with E-state index in [1.54, 1.807) is 18.3 Å². The second-order valence-electron chi connectivity index (χ2n) is 4.37. The van der Waals surface area contributed by atoms with Crippen LogP contribution in [0.2, 0.25) is 0 Å². The van der Waals surface area contributed by atoms with Crippen LogP contribution >= 0.6 is 23.7 Å². The molecule has 16 heavy (non-hydrogen) atoms. The summed E-state index contributed by atoms with van der Waals surface area (Å²) in [5, 5.41) is 4.90. The standard InChI is InChI=1S/C11H18N2OS.ClH/c1-8(12)10(14)13-7-11(2,3)9-5-4-6-15-9;/h4-6,8H,7,12H2,1-3H3,(H,13,14);1H. The third-order valence-corrected chi connectivity index (χ3v) is 3.54. The van der Waals surface area contributed by atoms with Gasteiger partial charge in [0.05, 0.1) is 6.04 Å². The summed E-state index contributed by atoms with van der Waals surface area (Å²) >= 11 is 1.71. The molecule has 1 atom stereocenters. The van der Waals surface area contributed by atoms with Crippen molar-refractivity contribution in [2.45, 2.75) is 32.2 Å². The van der Waals surface area contributed by atoms with Crippen LogP contribution in [0.25, 0.3) is 0 Å².